The van der Waals surface area contributed by atoms with E-state index < -0.39 is 11.7 Å². The molecule has 0 unspecified atom stereocenters. The molecule has 0 saturated heterocycles. The number of fused-ring (bicyclic) bond motifs is 5. The smallest absolute Gasteiger partial charge is 0.302 e. The van der Waals surface area contributed by atoms with E-state index in [0.717, 1.165) is 32.1 Å². The van der Waals surface area contributed by atoms with E-state index in [9.17, 15) is 14.7 Å². The number of hydrogen-bond acceptors (Lipinski definition) is 5. The van der Waals surface area contributed by atoms with E-state index in [4.69, 9.17) is 9.47 Å². The summed E-state index contributed by atoms with van der Waals surface area (Å²) in [5.41, 5.74) is -1.02. The van der Waals surface area contributed by atoms with Crippen molar-refractivity contribution in [3.63, 3.8) is 0 Å². The molecule has 0 aliphatic heterocycles. The number of hydrogen-bond donors (Lipinski definition) is 1. The Morgan fingerprint density at radius 2 is 1.93 bits per heavy atom. The third-order valence-electron chi connectivity index (χ3n) is 9.22. The van der Waals surface area contributed by atoms with Crippen molar-refractivity contribution >= 4 is 11.8 Å². The molecule has 4 aliphatic carbocycles. The Bertz CT molecular complexity index is 661. The highest BCUT2D eigenvalue weighted by Crippen LogP contribution is 2.67. The number of esters is 1. The van der Waals surface area contributed by atoms with Crippen molar-refractivity contribution in [2.45, 2.75) is 96.9 Å². The number of ketones is 1. The van der Waals surface area contributed by atoms with Crippen molar-refractivity contribution in [2.24, 2.45) is 28.6 Å². The van der Waals surface area contributed by atoms with Gasteiger partial charge in [0.05, 0.1) is 6.10 Å². The molecule has 4 saturated carbocycles. The molecule has 5 heteroatoms. The van der Waals surface area contributed by atoms with Crippen LogP contribution in [0, 0.1) is 28.6 Å². The summed E-state index contributed by atoms with van der Waals surface area (Å²) in [7, 11) is 0. The first-order chi connectivity index (χ1) is 13.2. The van der Waals surface area contributed by atoms with Gasteiger partial charge in [-0.15, -0.1) is 0 Å². The summed E-state index contributed by atoms with van der Waals surface area (Å²) in [6.45, 7) is 8.44. The van der Waals surface area contributed by atoms with Gasteiger partial charge in [-0.25, -0.2) is 0 Å². The Morgan fingerprint density at radius 1 is 1.18 bits per heavy atom. The molecule has 8 atom stereocenters. The fraction of sp³-hybridized carbons (Fsp3) is 0.913. The van der Waals surface area contributed by atoms with Crippen LogP contribution in [0.25, 0.3) is 0 Å². The molecular weight excluding hydrogens is 356 g/mol. The fourth-order valence-electron chi connectivity index (χ4n) is 7.90. The molecule has 4 rings (SSSR count). The minimum absolute atomic E-state index is 0.158. The molecule has 0 spiro atoms. The highest BCUT2D eigenvalue weighted by molar-refractivity contribution is 5.87. The van der Waals surface area contributed by atoms with Gasteiger partial charge in [0.25, 0.3) is 0 Å². The van der Waals surface area contributed by atoms with Crippen LogP contribution in [0.2, 0.25) is 0 Å². The molecule has 4 aliphatic rings. The molecule has 158 valence electrons. The standard InChI is InChI=1S/C23H36O5/c1-5-27-23-13-15(28-14(2)24)8-11-22(23,4)18-9-10-21(3)17(6-7-19(21)25)16(18)12-20(23)26/h15-18,20,26H,5-13H2,1-4H3/t15-,16-,17-,18-,20+,21-,22+,23-/m0/s1. The van der Waals surface area contributed by atoms with E-state index >= 15 is 0 Å². The fourth-order valence-corrected chi connectivity index (χ4v) is 7.90. The number of ether oxygens (including phenoxy) is 2. The molecular formula is C23H36O5. The second kappa shape index (κ2) is 6.80. The van der Waals surface area contributed by atoms with Gasteiger partial charge in [0, 0.05) is 37.2 Å². The highest BCUT2D eigenvalue weighted by Gasteiger charge is 2.68. The average molecular weight is 393 g/mol. The van der Waals surface area contributed by atoms with E-state index in [1.54, 1.807) is 0 Å². The third-order valence-corrected chi connectivity index (χ3v) is 9.22. The minimum atomic E-state index is -0.669. The van der Waals surface area contributed by atoms with Gasteiger partial charge in [0.2, 0.25) is 0 Å². The lowest BCUT2D eigenvalue weighted by atomic mass is 9.43. The maximum absolute atomic E-state index is 12.6. The third kappa shape index (κ3) is 2.64. The van der Waals surface area contributed by atoms with Crippen LogP contribution in [0.15, 0.2) is 0 Å². The number of aliphatic hydroxyl groups is 1. The van der Waals surface area contributed by atoms with Gasteiger partial charge in [-0.3, -0.25) is 9.59 Å². The van der Waals surface area contributed by atoms with Crippen LogP contribution in [-0.2, 0) is 19.1 Å². The van der Waals surface area contributed by atoms with Gasteiger partial charge in [0.15, 0.2) is 0 Å². The van der Waals surface area contributed by atoms with Crippen molar-refractivity contribution in [3.05, 3.63) is 0 Å². The van der Waals surface area contributed by atoms with Gasteiger partial charge in [-0.1, -0.05) is 13.8 Å². The number of Topliss-reactive ketones (excluding diaryl/α,β-unsaturated/α-hetero) is 1. The van der Waals surface area contributed by atoms with Crippen LogP contribution in [0.3, 0.4) is 0 Å². The Balaban J connectivity index is 1.69. The van der Waals surface area contributed by atoms with Crippen molar-refractivity contribution in [3.8, 4) is 0 Å². The van der Waals surface area contributed by atoms with Gasteiger partial charge in [0.1, 0.15) is 17.5 Å². The van der Waals surface area contributed by atoms with Gasteiger partial charge < -0.3 is 14.6 Å². The second-order valence-electron chi connectivity index (χ2n) is 10.3. The zero-order valence-corrected chi connectivity index (χ0v) is 17.8. The van der Waals surface area contributed by atoms with Gasteiger partial charge in [-0.2, -0.15) is 0 Å². The summed E-state index contributed by atoms with van der Waals surface area (Å²) in [5.74, 6) is 1.38. The number of rotatable bonds is 3. The molecule has 0 aromatic rings. The highest BCUT2D eigenvalue weighted by atomic mass is 16.5. The van der Waals surface area contributed by atoms with Crippen molar-refractivity contribution in [2.75, 3.05) is 6.61 Å². The lowest BCUT2D eigenvalue weighted by molar-refractivity contribution is -0.282. The number of carbonyl (C=O) groups excluding carboxylic acids is 2. The normalized spacial score (nSPS) is 50.5. The zero-order chi connectivity index (χ0) is 20.3. The Morgan fingerprint density at radius 3 is 2.61 bits per heavy atom. The predicted octanol–water partition coefficient (Wildman–Crippen LogP) is 3.66. The largest absolute Gasteiger partial charge is 0.462 e. The van der Waals surface area contributed by atoms with Gasteiger partial charge >= 0.3 is 5.97 Å². The maximum Gasteiger partial charge on any atom is 0.302 e. The molecule has 0 aromatic heterocycles. The van der Waals surface area contributed by atoms with Crippen LogP contribution < -0.4 is 0 Å². The zero-order valence-electron chi connectivity index (χ0n) is 17.8. The van der Waals surface area contributed by atoms with Gasteiger partial charge in [-0.05, 0) is 63.2 Å². The summed E-state index contributed by atoms with van der Waals surface area (Å²) >= 11 is 0. The second-order valence-corrected chi connectivity index (χ2v) is 10.3. The SMILES string of the molecule is CCO[C@]12C[C@@H](OC(C)=O)CC[C@]1(C)[C@H]1CC[C@]3(C)C(=O)CC[C@H]3[C@@H]1C[C@H]2O. The minimum Gasteiger partial charge on any atom is -0.462 e. The molecule has 4 fully saturated rings. The summed E-state index contributed by atoms with van der Waals surface area (Å²) in [5, 5.41) is 11.5. The lowest BCUT2D eigenvalue weighted by Crippen LogP contribution is -2.69. The van der Waals surface area contributed by atoms with Crippen LogP contribution in [-0.4, -0.2) is 41.3 Å². The molecule has 28 heavy (non-hydrogen) atoms. The van der Waals surface area contributed by atoms with Crippen LogP contribution in [0.4, 0.5) is 0 Å². The van der Waals surface area contributed by atoms with E-state index in [2.05, 4.69) is 13.8 Å². The van der Waals surface area contributed by atoms with Crippen molar-refractivity contribution < 1.29 is 24.2 Å². The quantitative estimate of drug-likeness (QED) is 0.742. The van der Waals surface area contributed by atoms with E-state index in [1.807, 2.05) is 6.92 Å². The van der Waals surface area contributed by atoms with Crippen molar-refractivity contribution in [1.29, 1.82) is 0 Å². The molecule has 0 amide bonds. The molecule has 0 radical (unpaired) electrons. The Hall–Kier alpha value is -0.940. The molecule has 0 aromatic carbocycles. The van der Waals surface area contributed by atoms with Crippen LogP contribution >= 0.6 is 0 Å². The van der Waals surface area contributed by atoms with E-state index in [1.165, 1.54) is 6.92 Å². The Kier molecular flexibility index (Phi) is 4.94. The lowest BCUT2D eigenvalue weighted by Gasteiger charge is -2.66. The first-order valence-electron chi connectivity index (χ1n) is 11.2. The van der Waals surface area contributed by atoms with Crippen molar-refractivity contribution in [1.82, 2.24) is 0 Å². The summed E-state index contributed by atoms with van der Waals surface area (Å²) in [4.78, 5) is 24.2. The van der Waals surface area contributed by atoms with Crippen LogP contribution in [0.5, 0.6) is 0 Å². The molecule has 0 bridgehead atoms. The van der Waals surface area contributed by atoms with Crippen LogP contribution in [0.1, 0.15) is 79.1 Å². The molecule has 0 heterocycles. The van der Waals surface area contributed by atoms with E-state index in [0.29, 0.717) is 49.4 Å². The Labute approximate surface area is 168 Å². The summed E-state index contributed by atoms with van der Waals surface area (Å²) in [6.07, 6.45) is 5.85. The monoisotopic (exact) mass is 392 g/mol. The average Bonchev–Trinajstić information content (AvgIpc) is 2.92. The maximum atomic E-state index is 12.6. The first kappa shape index (κ1) is 20.3. The number of carbonyl (C=O) groups is 2. The molecule has 5 nitrogen and oxygen atoms in total. The predicted molar refractivity (Wildman–Crippen MR) is 105 cm³/mol. The first-order valence-corrected chi connectivity index (χ1v) is 11.2. The molecule has 1 N–H and O–H groups in total. The summed E-state index contributed by atoms with van der Waals surface area (Å²) in [6, 6.07) is 0. The topological polar surface area (TPSA) is 72.8 Å². The number of aliphatic hydroxyl groups excluding tert-OH is 1. The van der Waals surface area contributed by atoms with E-state index in [-0.39, 0.29) is 22.9 Å². The summed E-state index contributed by atoms with van der Waals surface area (Å²) < 4.78 is 12.0.